The van der Waals surface area contributed by atoms with Crippen molar-refractivity contribution in [1.82, 2.24) is 44.4 Å². The van der Waals surface area contributed by atoms with Gasteiger partial charge in [0.25, 0.3) is 5.89 Å². The summed E-state index contributed by atoms with van der Waals surface area (Å²) in [4.78, 5) is 15.0. The first-order valence-corrected chi connectivity index (χ1v) is 13.9. The zero-order valence-electron chi connectivity index (χ0n) is 23.9. The van der Waals surface area contributed by atoms with E-state index in [0.717, 1.165) is 16.1 Å². The Morgan fingerprint density at radius 3 is 2.11 bits per heavy atom. The molecule has 0 radical (unpaired) electrons. The Bertz CT molecular complexity index is 1910. The Kier molecular flexibility index (Phi) is 7.39. The van der Waals surface area contributed by atoms with Gasteiger partial charge in [-0.1, -0.05) is 0 Å². The lowest BCUT2D eigenvalue weighted by Crippen LogP contribution is -2.14. The van der Waals surface area contributed by atoms with Crippen molar-refractivity contribution in [3.05, 3.63) is 63.4 Å². The van der Waals surface area contributed by atoms with Gasteiger partial charge in [0.15, 0.2) is 17.0 Å². The van der Waals surface area contributed by atoms with Crippen molar-refractivity contribution < 1.29 is 40.7 Å². The highest BCUT2D eigenvalue weighted by molar-refractivity contribution is 5.71. The quantitative estimate of drug-likeness (QED) is 0.273. The average Bonchev–Trinajstić information content (AvgIpc) is 3.75. The topological polar surface area (TPSA) is 142 Å². The van der Waals surface area contributed by atoms with Gasteiger partial charge in [-0.2, -0.15) is 41.6 Å². The Hall–Kier alpha value is -4.77. The molecule has 5 aromatic heterocycles. The summed E-state index contributed by atoms with van der Waals surface area (Å²) in [7, 11) is 0. The Morgan fingerprint density at radius 1 is 0.911 bits per heavy atom. The number of carboxylic acid groups (broad SMARTS) is 1. The lowest BCUT2D eigenvalue weighted by molar-refractivity contribution is -0.143. The molecule has 2 aliphatic rings. The summed E-state index contributed by atoms with van der Waals surface area (Å²) in [6.07, 6.45) is -4.37. The van der Waals surface area contributed by atoms with E-state index in [2.05, 4.69) is 30.5 Å². The smallest absolute Gasteiger partial charge is 0.435 e. The minimum atomic E-state index is -4.50. The standard InChI is InChI=1S/C18H16F3N7O.C9H9F3N2O2/c1-9-6-10(2)28-16(23-9)12(7-22-28)17-25-24-14(29-17)8-27-13-5-3-4-11(13)15(26-27)18(19,20)21;10-9(11,12)8-5-2-1-3-6(5)14(13-8)4-7(15)16/h6-7H,3-5,8H2,1-2H3;1-4H2,(H,15,16). The molecule has 0 saturated carbocycles. The first-order valence-electron chi connectivity index (χ1n) is 13.9. The molecular weight excluding hydrogens is 612 g/mol. The van der Waals surface area contributed by atoms with Crippen molar-refractivity contribution in [1.29, 1.82) is 0 Å². The van der Waals surface area contributed by atoms with E-state index in [1.54, 1.807) is 10.7 Å². The summed E-state index contributed by atoms with van der Waals surface area (Å²) in [5.74, 6) is -0.798. The monoisotopic (exact) mass is 637 g/mol. The molecule has 0 spiro atoms. The fourth-order valence-electron chi connectivity index (χ4n) is 5.84. The number of aliphatic carboxylic acids is 1. The maximum atomic E-state index is 13.3. The van der Waals surface area contributed by atoms with Crippen LogP contribution in [0.15, 0.2) is 16.7 Å². The summed E-state index contributed by atoms with van der Waals surface area (Å²) in [6, 6.07) is 1.90. The van der Waals surface area contributed by atoms with E-state index in [1.165, 1.54) is 4.68 Å². The minimum Gasteiger partial charge on any atom is -0.480 e. The van der Waals surface area contributed by atoms with Gasteiger partial charge in [0.2, 0.25) is 5.89 Å². The van der Waals surface area contributed by atoms with Crippen molar-refractivity contribution in [3.63, 3.8) is 0 Å². The van der Waals surface area contributed by atoms with Crippen LogP contribution in [-0.4, -0.2) is 55.4 Å². The lowest BCUT2D eigenvalue weighted by Gasteiger charge is -2.04. The van der Waals surface area contributed by atoms with Crippen LogP contribution in [0, 0.1) is 13.8 Å². The Balaban J connectivity index is 0.000000189. The molecule has 2 aliphatic carbocycles. The molecule has 0 amide bonds. The lowest BCUT2D eigenvalue weighted by atomic mass is 10.2. The molecule has 18 heteroatoms. The largest absolute Gasteiger partial charge is 0.480 e. The predicted octanol–water partition coefficient (Wildman–Crippen LogP) is 4.62. The van der Waals surface area contributed by atoms with E-state index in [4.69, 9.17) is 9.52 Å². The van der Waals surface area contributed by atoms with Gasteiger partial charge in [0.1, 0.15) is 18.7 Å². The SMILES string of the molecule is Cc1cc(C)n2ncc(-c3nnc(Cn4nc(C(F)(F)F)c5c4CCC5)o3)c2n1.O=C(O)Cn1nc(C(F)(F)F)c2c1CCC2. The van der Waals surface area contributed by atoms with E-state index in [0.29, 0.717) is 61.1 Å². The van der Waals surface area contributed by atoms with Gasteiger partial charge in [-0.05, 0) is 58.4 Å². The molecule has 0 fully saturated rings. The van der Waals surface area contributed by atoms with Crippen LogP contribution >= 0.6 is 0 Å². The van der Waals surface area contributed by atoms with Crippen LogP contribution in [0.2, 0.25) is 0 Å². The van der Waals surface area contributed by atoms with Crippen LogP contribution in [0.4, 0.5) is 26.3 Å². The van der Waals surface area contributed by atoms with Gasteiger partial charge in [-0.25, -0.2) is 9.50 Å². The summed E-state index contributed by atoms with van der Waals surface area (Å²) in [5, 5.41) is 28.0. The number of halogens is 6. The second-order valence-electron chi connectivity index (χ2n) is 10.8. The highest BCUT2D eigenvalue weighted by Crippen LogP contribution is 2.38. The van der Waals surface area contributed by atoms with Crippen LogP contribution in [0.5, 0.6) is 0 Å². The zero-order valence-corrected chi connectivity index (χ0v) is 23.9. The second-order valence-corrected chi connectivity index (χ2v) is 10.8. The molecule has 0 saturated heterocycles. The van der Waals surface area contributed by atoms with Gasteiger partial charge in [0, 0.05) is 33.9 Å². The van der Waals surface area contributed by atoms with Gasteiger partial charge >= 0.3 is 18.3 Å². The molecule has 5 heterocycles. The first-order chi connectivity index (χ1) is 21.2. The molecule has 0 unspecified atom stereocenters. The van der Waals surface area contributed by atoms with Crippen molar-refractivity contribution in [2.45, 2.75) is 77.8 Å². The van der Waals surface area contributed by atoms with E-state index >= 15 is 0 Å². The number of hydrogen-bond donors (Lipinski definition) is 1. The molecule has 5 aromatic rings. The third-order valence-corrected chi connectivity index (χ3v) is 7.60. The van der Waals surface area contributed by atoms with Crippen molar-refractivity contribution in [3.8, 4) is 11.5 Å². The summed E-state index contributed by atoms with van der Waals surface area (Å²) in [6.45, 7) is 3.25. The summed E-state index contributed by atoms with van der Waals surface area (Å²) < 4.78 is 87.1. The third-order valence-electron chi connectivity index (χ3n) is 7.60. The summed E-state index contributed by atoms with van der Waals surface area (Å²) in [5.41, 5.74) is 2.56. The van der Waals surface area contributed by atoms with Gasteiger partial charge in [-0.3, -0.25) is 14.2 Å². The van der Waals surface area contributed by atoms with Crippen molar-refractivity contribution in [2.24, 2.45) is 0 Å². The second kappa shape index (κ2) is 11.0. The van der Waals surface area contributed by atoms with Crippen LogP contribution < -0.4 is 0 Å². The maximum absolute atomic E-state index is 13.3. The molecule has 45 heavy (non-hydrogen) atoms. The molecule has 0 bridgehead atoms. The molecule has 12 nitrogen and oxygen atoms in total. The normalized spacial score (nSPS) is 14.5. The van der Waals surface area contributed by atoms with E-state index in [1.807, 2.05) is 19.9 Å². The molecule has 0 aliphatic heterocycles. The van der Waals surface area contributed by atoms with E-state index in [-0.39, 0.29) is 29.5 Å². The van der Waals surface area contributed by atoms with Crippen LogP contribution in [0.25, 0.3) is 17.1 Å². The number of rotatable bonds is 5. The van der Waals surface area contributed by atoms with Crippen LogP contribution in [0.3, 0.4) is 0 Å². The number of aryl methyl sites for hydroxylation is 2. The number of nitrogens with zero attached hydrogens (tertiary/aromatic N) is 9. The van der Waals surface area contributed by atoms with Gasteiger partial charge < -0.3 is 9.52 Å². The molecular formula is C27H25F6N9O3. The van der Waals surface area contributed by atoms with Gasteiger partial charge in [-0.15, -0.1) is 10.2 Å². The third kappa shape index (κ3) is 5.75. The highest BCUT2D eigenvalue weighted by Gasteiger charge is 2.41. The van der Waals surface area contributed by atoms with Crippen LogP contribution in [0.1, 0.15) is 64.0 Å². The molecule has 0 atom stereocenters. The van der Waals surface area contributed by atoms with Crippen molar-refractivity contribution in [2.75, 3.05) is 0 Å². The minimum absolute atomic E-state index is 0.0177. The van der Waals surface area contributed by atoms with Crippen LogP contribution in [-0.2, 0) is 55.9 Å². The number of hydrogen-bond acceptors (Lipinski definition) is 8. The predicted molar refractivity (Wildman–Crippen MR) is 141 cm³/mol. The van der Waals surface area contributed by atoms with Gasteiger partial charge in [0.05, 0.1) is 6.20 Å². The molecule has 0 aromatic carbocycles. The number of alkyl halides is 6. The number of carboxylic acids is 1. The highest BCUT2D eigenvalue weighted by atomic mass is 19.4. The zero-order chi connectivity index (χ0) is 32.3. The van der Waals surface area contributed by atoms with E-state index in [9.17, 15) is 31.1 Å². The Morgan fingerprint density at radius 2 is 1.51 bits per heavy atom. The molecule has 7 rings (SSSR count). The van der Waals surface area contributed by atoms with Crippen molar-refractivity contribution >= 4 is 11.6 Å². The summed E-state index contributed by atoms with van der Waals surface area (Å²) >= 11 is 0. The number of aromatic nitrogens is 9. The number of carbonyl (C=O) groups is 1. The fraction of sp³-hybridized carbons (Fsp3) is 0.444. The fourth-order valence-corrected chi connectivity index (χ4v) is 5.84. The molecule has 1 N–H and O–H groups in total. The number of fused-ring (bicyclic) bond motifs is 3. The first kappa shape index (κ1) is 30.3. The maximum Gasteiger partial charge on any atom is 0.435 e. The van der Waals surface area contributed by atoms with E-state index < -0.39 is 36.3 Å². The Labute approximate surface area is 249 Å². The average molecular weight is 638 g/mol. The molecule has 238 valence electrons.